The van der Waals surface area contributed by atoms with E-state index in [-0.39, 0.29) is 0 Å². The van der Waals surface area contributed by atoms with E-state index in [4.69, 9.17) is 4.42 Å². The lowest BCUT2D eigenvalue weighted by molar-refractivity contribution is 0.671. The molecule has 35 heavy (non-hydrogen) atoms. The number of hydrogen-bond donors (Lipinski definition) is 0. The molecule has 5 aromatic carbocycles. The molecule has 2 aromatic heterocycles. The summed E-state index contributed by atoms with van der Waals surface area (Å²) in [6.07, 6.45) is 1.96. The van der Waals surface area contributed by atoms with Gasteiger partial charge in [0.05, 0.1) is 17.6 Å². The summed E-state index contributed by atoms with van der Waals surface area (Å²) < 4.78 is 8.78. The van der Waals surface area contributed by atoms with E-state index in [0.717, 1.165) is 44.2 Å². The molecular formula is C32H22N2O. The molecule has 0 radical (unpaired) electrons. The van der Waals surface area contributed by atoms with Gasteiger partial charge in [-0.25, -0.2) is 0 Å². The molecule has 0 atom stereocenters. The van der Waals surface area contributed by atoms with Crippen molar-refractivity contribution in [2.75, 3.05) is 0 Å². The van der Waals surface area contributed by atoms with Crippen LogP contribution in [0.1, 0.15) is 11.1 Å². The lowest BCUT2D eigenvalue weighted by Crippen LogP contribution is -1.95. The highest BCUT2D eigenvalue weighted by Crippen LogP contribution is 2.40. The highest BCUT2D eigenvalue weighted by molar-refractivity contribution is 6.21. The second-order valence-electron chi connectivity index (χ2n) is 8.84. The van der Waals surface area contributed by atoms with Gasteiger partial charge in [0.15, 0.2) is 5.58 Å². The molecule has 0 aliphatic rings. The average Bonchev–Trinajstić information content (AvgIpc) is 3.45. The number of aromatic nitrogens is 1. The smallest absolute Gasteiger partial charge is 0.160 e. The van der Waals surface area contributed by atoms with Crippen LogP contribution in [0.5, 0.6) is 0 Å². The van der Waals surface area contributed by atoms with Gasteiger partial charge in [-0.2, -0.15) is 0 Å². The first-order valence-electron chi connectivity index (χ1n) is 11.8. The fourth-order valence-electron chi connectivity index (χ4n) is 5.08. The number of fused-ring (bicyclic) bond motifs is 7. The maximum atomic E-state index is 6.45. The van der Waals surface area contributed by atoms with Gasteiger partial charge in [-0.15, -0.1) is 0 Å². The predicted octanol–water partition coefficient (Wildman–Crippen LogP) is 8.30. The molecule has 0 aliphatic carbocycles. The van der Waals surface area contributed by atoms with Crippen LogP contribution in [0.15, 0.2) is 125 Å². The minimum absolute atomic E-state index is 0.667. The number of hydrogen-bond acceptors (Lipinski definition) is 2. The minimum Gasteiger partial charge on any atom is -0.454 e. The zero-order valence-corrected chi connectivity index (χ0v) is 19.1. The van der Waals surface area contributed by atoms with E-state index < -0.39 is 0 Å². The Morgan fingerprint density at radius 2 is 1.43 bits per heavy atom. The summed E-state index contributed by atoms with van der Waals surface area (Å²) >= 11 is 0. The van der Waals surface area contributed by atoms with Gasteiger partial charge in [0, 0.05) is 33.4 Å². The summed E-state index contributed by atoms with van der Waals surface area (Å²) in [5.74, 6) is 0. The van der Waals surface area contributed by atoms with Gasteiger partial charge < -0.3 is 8.98 Å². The van der Waals surface area contributed by atoms with Crippen molar-refractivity contribution in [3.8, 4) is 5.69 Å². The molecule has 166 valence electrons. The molecule has 0 saturated heterocycles. The van der Waals surface area contributed by atoms with Gasteiger partial charge in [0.2, 0.25) is 0 Å². The van der Waals surface area contributed by atoms with Crippen molar-refractivity contribution in [1.82, 2.24) is 4.57 Å². The van der Waals surface area contributed by atoms with Crippen LogP contribution in [0.25, 0.3) is 49.4 Å². The van der Waals surface area contributed by atoms with E-state index in [1.165, 1.54) is 16.3 Å². The van der Waals surface area contributed by atoms with Crippen LogP contribution in [-0.4, -0.2) is 10.8 Å². The monoisotopic (exact) mass is 450 g/mol. The Labute approximate surface area is 202 Å². The third-order valence-corrected chi connectivity index (χ3v) is 6.66. The van der Waals surface area contributed by atoms with Gasteiger partial charge in [-0.05, 0) is 41.5 Å². The number of furan rings is 1. The highest BCUT2D eigenvalue weighted by atomic mass is 16.3. The van der Waals surface area contributed by atoms with Crippen LogP contribution in [0.4, 0.5) is 0 Å². The van der Waals surface area contributed by atoms with E-state index in [1.54, 1.807) is 0 Å². The molecule has 7 rings (SSSR count). The van der Waals surface area contributed by atoms with Crippen LogP contribution in [0.2, 0.25) is 0 Å². The summed E-state index contributed by atoms with van der Waals surface area (Å²) in [5.41, 5.74) is 7.45. The molecule has 0 unspecified atom stereocenters. The van der Waals surface area contributed by atoms with Gasteiger partial charge in [0.1, 0.15) is 5.58 Å². The van der Waals surface area contributed by atoms with Crippen molar-refractivity contribution in [3.63, 3.8) is 0 Å². The first-order valence-corrected chi connectivity index (χ1v) is 11.8. The van der Waals surface area contributed by atoms with E-state index >= 15 is 0 Å². The van der Waals surface area contributed by atoms with Crippen LogP contribution in [0, 0.1) is 0 Å². The zero-order valence-electron chi connectivity index (χ0n) is 19.1. The van der Waals surface area contributed by atoms with E-state index in [1.807, 2.05) is 36.5 Å². The Balaban J connectivity index is 1.44. The zero-order chi connectivity index (χ0) is 23.2. The Morgan fingerprint density at radius 1 is 0.657 bits per heavy atom. The van der Waals surface area contributed by atoms with Crippen molar-refractivity contribution in [2.45, 2.75) is 6.54 Å². The average molecular weight is 451 g/mol. The summed E-state index contributed by atoms with van der Waals surface area (Å²) in [4.78, 5) is 4.68. The molecule has 0 fully saturated rings. The molecule has 0 N–H and O–H groups in total. The third-order valence-electron chi connectivity index (χ3n) is 6.66. The van der Waals surface area contributed by atoms with E-state index in [0.29, 0.717) is 6.54 Å². The Kier molecular flexibility index (Phi) is 4.52. The molecule has 0 spiro atoms. The predicted molar refractivity (Wildman–Crippen MR) is 146 cm³/mol. The van der Waals surface area contributed by atoms with Crippen LogP contribution < -0.4 is 0 Å². The second-order valence-corrected chi connectivity index (χ2v) is 8.84. The molecule has 0 aliphatic heterocycles. The van der Waals surface area contributed by atoms with Crippen molar-refractivity contribution in [3.05, 3.63) is 126 Å². The number of nitrogens with zero attached hydrogens (tertiary/aromatic N) is 2. The third kappa shape index (κ3) is 3.24. The normalized spacial score (nSPS) is 12.0. The molecule has 0 amide bonds. The van der Waals surface area contributed by atoms with E-state index in [2.05, 4.69) is 94.5 Å². The van der Waals surface area contributed by atoms with Crippen molar-refractivity contribution in [2.24, 2.45) is 4.99 Å². The second kappa shape index (κ2) is 8.00. The minimum atomic E-state index is 0.667. The highest BCUT2D eigenvalue weighted by Gasteiger charge is 2.18. The summed E-state index contributed by atoms with van der Waals surface area (Å²) in [5, 5.41) is 4.68. The van der Waals surface area contributed by atoms with Crippen LogP contribution in [0.3, 0.4) is 0 Å². The largest absolute Gasteiger partial charge is 0.454 e. The molecule has 3 nitrogen and oxygen atoms in total. The van der Waals surface area contributed by atoms with Gasteiger partial charge in [-0.1, -0.05) is 84.9 Å². The SMILES string of the molecule is C(=NCc1ccccc1)c1cccc(-n2c3ccccc3c3ccc4c5ccccc5oc4c32)c1. The first kappa shape index (κ1) is 19.8. The fourth-order valence-corrected chi connectivity index (χ4v) is 5.08. The Hall–Kier alpha value is -4.63. The number of rotatable bonds is 4. The van der Waals surface area contributed by atoms with Gasteiger partial charge in [0.25, 0.3) is 0 Å². The van der Waals surface area contributed by atoms with Crippen molar-refractivity contribution < 1.29 is 4.42 Å². The van der Waals surface area contributed by atoms with Gasteiger partial charge in [-0.3, -0.25) is 4.99 Å². The molecule has 3 heteroatoms. The maximum Gasteiger partial charge on any atom is 0.160 e. The van der Waals surface area contributed by atoms with Gasteiger partial charge >= 0.3 is 0 Å². The number of benzene rings is 5. The molecule has 7 aromatic rings. The van der Waals surface area contributed by atoms with Crippen LogP contribution >= 0.6 is 0 Å². The molecule has 2 heterocycles. The topological polar surface area (TPSA) is 30.4 Å². The summed E-state index contributed by atoms with van der Waals surface area (Å²) in [6, 6.07) is 40.1. The Morgan fingerprint density at radius 3 is 2.34 bits per heavy atom. The molecule has 0 bridgehead atoms. The fraction of sp³-hybridized carbons (Fsp3) is 0.0312. The molecular weight excluding hydrogens is 428 g/mol. The lowest BCUT2D eigenvalue weighted by atomic mass is 10.1. The van der Waals surface area contributed by atoms with Crippen molar-refractivity contribution in [1.29, 1.82) is 0 Å². The lowest BCUT2D eigenvalue weighted by Gasteiger charge is -2.09. The summed E-state index contributed by atoms with van der Waals surface area (Å²) in [6.45, 7) is 0.667. The van der Waals surface area contributed by atoms with Crippen molar-refractivity contribution >= 4 is 50.0 Å². The number of aliphatic imine (C=N–C) groups is 1. The summed E-state index contributed by atoms with van der Waals surface area (Å²) in [7, 11) is 0. The van der Waals surface area contributed by atoms with E-state index in [9.17, 15) is 0 Å². The Bertz CT molecular complexity index is 1870. The standard InChI is InChI=1S/C32H22N2O/c1-2-9-22(10-3-1)20-33-21-23-11-8-12-24(19-23)34-29-15-6-4-13-25(29)27-17-18-28-26-14-5-7-16-30(26)35-32(28)31(27)34/h1-19,21H,20H2. The maximum absolute atomic E-state index is 6.45. The van der Waals surface area contributed by atoms with Crippen LogP contribution in [-0.2, 0) is 6.54 Å². The quantitative estimate of drug-likeness (QED) is 0.248. The molecule has 0 saturated carbocycles. The first-order chi connectivity index (χ1) is 17.4. The number of para-hydroxylation sites is 2.